The summed E-state index contributed by atoms with van der Waals surface area (Å²) in [5.74, 6) is 0.217. The highest BCUT2D eigenvalue weighted by atomic mass is 35.5. The number of benzene rings is 2. The van der Waals surface area contributed by atoms with E-state index in [-0.39, 0.29) is 17.2 Å². The van der Waals surface area contributed by atoms with Crippen molar-refractivity contribution in [3.05, 3.63) is 80.4 Å². The molecule has 0 bridgehead atoms. The third-order valence-corrected chi connectivity index (χ3v) is 6.92. The second-order valence-corrected chi connectivity index (χ2v) is 9.87. The van der Waals surface area contributed by atoms with Crippen molar-refractivity contribution < 1.29 is 4.79 Å². The van der Waals surface area contributed by atoms with Gasteiger partial charge >= 0.3 is 0 Å². The van der Waals surface area contributed by atoms with Gasteiger partial charge in [-0.15, -0.1) is 11.3 Å². The Bertz CT molecular complexity index is 1360. The number of aromatic amines is 1. The fraction of sp³-hybridized carbons (Fsp3) is 0.167. The maximum absolute atomic E-state index is 12.8. The Balaban J connectivity index is 1.42. The summed E-state index contributed by atoms with van der Waals surface area (Å²) >= 11 is 8.41. The highest BCUT2D eigenvalue weighted by Crippen LogP contribution is 2.32. The maximum atomic E-state index is 12.8. The molecule has 2 aromatic heterocycles. The van der Waals surface area contributed by atoms with Gasteiger partial charge in [0.2, 0.25) is 0 Å². The first kappa shape index (κ1) is 23.2. The lowest BCUT2D eigenvalue weighted by molar-refractivity contribution is -0.118. The number of rotatable bonds is 7. The van der Waals surface area contributed by atoms with E-state index in [1.165, 1.54) is 23.1 Å². The summed E-state index contributed by atoms with van der Waals surface area (Å²) < 4.78 is 0. The van der Waals surface area contributed by atoms with Gasteiger partial charge in [0, 0.05) is 16.0 Å². The molecule has 33 heavy (non-hydrogen) atoms. The van der Waals surface area contributed by atoms with Crippen LogP contribution in [0.2, 0.25) is 5.02 Å². The van der Waals surface area contributed by atoms with Gasteiger partial charge in [0.05, 0.1) is 17.4 Å². The molecule has 0 aliphatic rings. The zero-order valence-electron chi connectivity index (χ0n) is 18.0. The normalized spacial score (nSPS) is 11.5. The second-order valence-electron chi connectivity index (χ2n) is 7.61. The smallest absolute Gasteiger partial charge is 0.260 e. The van der Waals surface area contributed by atoms with Crippen molar-refractivity contribution in [2.24, 2.45) is 5.10 Å². The molecular formula is C24H21ClN4O2S2. The summed E-state index contributed by atoms with van der Waals surface area (Å²) in [6.07, 6.45) is 1.53. The number of fused-ring (bicyclic) bond motifs is 1. The summed E-state index contributed by atoms with van der Waals surface area (Å²) in [6, 6.07) is 15.3. The highest BCUT2D eigenvalue weighted by Gasteiger charge is 2.14. The van der Waals surface area contributed by atoms with Gasteiger partial charge in [-0.1, -0.05) is 73.6 Å². The lowest BCUT2D eigenvalue weighted by Gasteiger charge is -2.06. The molecular weight excluding hydrogens is 476 g/mol. The van der Waals surface area contributed by atoms with Gasteiger partial charge < -0.3 is 4.98 Å². The Labute approximate surface area is 204 Å². The van der Waals surface area contributed by atoms with Crippen LogP contribution in [0, 0.1) is 0 Å². The molecule has 6 nitrogen and oxygen atoms in total. The van der Waals surface area contributed by atoms with Gasteiger partial charge in [-0.2, -0.15) is 5.10 Å². The minimum atomic E-state index is -0.301. The Morgan fingerprint density at radius 3 is 2.64 bits per heavy atom. The number of carbonyl (C=O) groups excluding carboxylic acids is 1. The summed E-state index contributed by atoms with van der Waals surface area (Å²) in [4.78, 5) is 32.8. The Morgan fingerprint density at radius 1 is 1.21 bits per heavy atom. The van der Waals surface area contributed by atoms with Crippen molar-refractivity contribution in [3.8, 4) is 11.1 Å². The monoisotopic (exact) mass is 496 g/mol. The molecule has 4 aromatic rings. The molecule has 1 amide bonds. The molecule has 0 unspecified atom stereocenters. The number of hydrogen-bond acceptors (Lipinski definition) is 6. The van der Waals surface area contributed by atoms with Crippen LogP contribution in [0.25, 0.3) is 21.3 Å². The van der Waals surface area contributed by atoms with E-state index in [0.717, 1.165) is 28.5 Å². The topological polar surface area (TPSA) is 87.2 Å². The first-order chi connectivity index (χ1) is 15.9. The van der Waals surface area contributed by atoms with E-state index in [9.17, 15) is 9.59 Å². The first-order valence-electron chi connectivity index (χ1n) is 10.2. The lowest BCUT2D eigenvalue weighted by atomic mass is 9.99. The number of amides is 1. The zero-order chi connectivity index (χ0) is 23.4. The molecule has 2 aromatic carbocycles. The molecule has 2 N–H and O–H groups in total. The lowest BCUT2D eigenvalue weighted by Crippen LogP contribution is -2.20. The van der Waals surface area contributed by atoms with Gasteiger partial charge in [0.25, 0.3) is 11.5 Å². The number of nitrogens with zero attached hydrogens (tertiary/aromatic N) is 2. The summed E-state index contributed by atoms with van der Waals surface area (Å²) in [5, 5.41) is 7.48. The number of halogens is 1. The highest BCUT2D eigenvalue weighted by molar-refractivity contribution is 7.99. The van der Waals surface area contributed by atoms with Crippen molar-refractivity contribution in [1.29, 1.82) is 0 Å². The largest absolute Gasteiger partial charge is 0.301 e. The van der Waals surface area contributed by atoms with E-state index in [0.29, 0.717) is 26.3 Å². The maximum Gasteiger partial charge on any atom is 0.260 e. The number of thioether (sulfide) groups is 1. The molecule has 0 aliphatic heterocycles. The molecule has 0 saturated heterocycles. The number of hydrogen-bond donors (Lipinski definition) is 2. The molecule has 0 spiro atoms. The van der Waals surface area contributed by atoms with Crippen molar-refractivity contribution in [2.45, 2.75) is 24.9 Å². The van der Waals surface area contributed by atoms with Crippen LogP contribution in [0.4, 0.5) is 0 Å². The van der Waals surface area contributed by atoms with E-state index in [1.54, 1.807) is 24.3 Å². The van der Waals surface area contributed by atoms with Crippen molar-refractivity contribution in [1.82, 2.24) is 15.4 Å². The van der Waals surface area contributed by atoms with Crippen LogP contribution in [0.3, 0.4) is 0 Å². The molecule has 2 heterocycles. The number of thiophene rings is 1. The van der Waals surface area contributed by atoms with E-state index in [1.807, 2.05) is 17.5 Å². The third kappa shape index (κ3) is 5.71. The van der Waals surface area contributed by atoms with E-state index < -0.39 is 0 Å². The molecule has 0 aliphatic carbocycles. The Hall–Kier alpha value is -2.94. The average Bonchev–Trinajstić information content (AvgIpc) is 3.24. The molecule has 168 valence electrons. The fourth-order valence-electron chi connectivity index (χ4n) is 3.15. The zero-order valence-corrected chi connectivity index (χ0v) is 20.4. The third-order valence-electron chi connectivity index (χ3n) is 4.92. The molecule has 4 rings (SSSR count). The van der Waals surface area contributed by atoms with Gasteiger partial charge in [-0.3, -0.25) is 9.59 Å². The molecule has 0 fully saturated rings. The summed E-state index contributed by atoms with van der Waals surface area (Å²) in [6.45, 7) is 4.30. The number of hydrazone groups is 1. The van der Waals surface area contributed by atoms with Gasteiger partial charge in [-0.25, -0.2) is 10.4 Å². The number of aromatic nitrogens is 2. The van der Waals surface area contributed by atoms with Crippen LogP contribution >= 0.6 is 34.7 Å². The van der Waals surface area contributed by atoms with E-state index in [2.05, 4.69) is 46.5 Å². The van der Waals surface area contributed by atoms with Gasteiger partial charge in [0.1, 0.15) is 4.83 Å². The summed E-state index contributed by atoms with van der Waals surface area (Å²) in [7, 11) is 0. The van der Waals surface area contributed by atoms with Crippen LogP contribution in [0.1, 0.15) is 30.9 Å². The van der Waals surface area contributed by atoms with Gasteiger partial charge in [-0.05, 0) is 34.7 Å². The van der Waals surface area contributed by atoms with Crippen molar-refractivity contribution in [3.63, 3.8) is 0 Å². The van der Waals surface area contributed by atoms with E-state index in [4.69, 9.17) is 11.6 Å². The minimum Gasteiger partial charge on any atom is -0.301 e. The van der Waals surface area contributed by atoms with Crippen LogP contribution in [-0.2, 0) is 4.79 Å². The quantitative estimate of drug-likeness (QED) is 0.149. The van der Waals surface area contributed by atoms with Crippen LogP contribution in [-0.4, -0.2) is 27.8 Å². The minimum absolute atomic E-state index is 0.0707. The first-order valence-corrected chi connectivity index (χ1v) is 12.5. The molecule has 9 heteroatoms. The predicted molar refractivity (Wildman–Crippen MR) is 138 cm³/mol. The Morgan fingerprint density at radius 2 is 1.94 bits per heavy atom. The SMILES string of the molecule is CC(C)c1ccc(-c2csc3nc(SCC(=O)N/N=C/c4ccc(Cl)cc4)[nH]c(=O)c23)cc1. The average molecular weight is 497 g/mol. The van der Waals surface area contributed by atoms with E-state index >= 15 is 0 Å². The Kier molecular flexibility index (Phi) is 7.27. The standard InChI is InChI=1S/C24H21ClN4O2S2/c1-14(2)16-5-7-17(8-6-16)19-12-32-23-21(19)22(31)27-24(28-23)33-13-20(30)29-26-11-15-3-9-18(25)10-4-15/h3-12,14H,13H2,1-2H3,(H,29,30)(H,27,28,31)/b26-11+. The molecule has 0 saturated carbocycles. The number of H-pyrrole nitrogens is 1. The van der Waals surface area contributed by atoms with Crippen LogP contribution in [0.5, 0.6) is 0 Å². The van der Waals surface area contributed by atoms with Crippen LogP contribution in [0.15, 0.2) is 69.0 Å². The van der Waals surface area contributed by atoms with Crippen LogP contribution < -0.4 is 11.0 Å². The molecule has 0 radical (unpaired) electrons. The second kappa shape index (κ2) is 10.3. The summed E-state index contributed by atoms with van der Waals surface area (Å²) in [5.41, 5.74) is 6.16. The van der Waals surface area contributed by atoms with Crippen molar-refractivity contribution in [2.75, 3.05) is 5.75 Å². The fourth-order valence-corrected chi connectivity index (χ4v) is 4.94. The number of carbonyl (C=O) groups is 1. The van der Waals surface area contributed by atoms with Gasteiger partial charge in [0.15, 0.2) is 5.16 Å². The molecule has 0 atom stereocenters. The van der Waals surface area contributed by atoms with Crippen molar-refractivity contribution >= 4 is 57.0 Å². The number of nitrogens with one attached hydrogen (secondary N) is 2. The predicted octanol–water partition coefficient (Wildman–Crippen LogP) is 5.67.